The Morgan fingerprint density at radius 3 is 2.34 bits per heavy atom. The molecule has 1 spiro atoms. The van der Waals surface area contributed by atoms with Gasteiger partial charge in [0.1, 0.15) is 11.3 Å². The average molecular weight is 798 g/mol. The molecule has 62 heavy (non-hydrogen) atoms. The summed E-state index contributed by atoms with van der Waals surface area (Å²) < 4.78 is 20.2. The number of para-hydroxylation sites is 1. The molecular formula is C58H39NO3. The van der Waals surface area contributed by atoms with E-state index < -0.39 is 0 Å². The smallest absolute Gasteiger partial charge is 0.172 e. The number of furan rings is 1. The Bertz CT molecular complexity index is 3350. The molecule has 1 aliphatic heterocycles. The third kappa shape index (κ3) is 4.27. The van der Waals surface area contributed by atoms with Gasteiger partial charge in [0.05, 0.1) is 5.41 Å². The second kappa shape index (κ2) is 12.0. The number of aryl methyl sites for hydroxylation is 1. The van der Waals surface area contributed by atoms with Gasteiger partial charge >= 0.3 is 0 Å². The number of benzene rings is 6. The van der Waals surface area contributed by atoms with Crippen LogP contribution in [0.5, 0.6) is 23.0 Å². The molecule has 5 unspecified atom stereocenters. The van der Waals surface area contributed by atoms with Gasteiger partial charge in [0.15, 0.2) is 23.0 Å². The van der Waals surface area contributed by atoms with Crippen LogP contribution in [0.4, 0.5) is 11.4 Å². The van der Waals surface area contributed by atoms with Crippen LogP contribution in [0.15, 0.2) is 198 Å². The molecule has 2 heterocycles. The molecule has 1 saturated carbocycles. The van der Waals surface area contributed by atoms with Gasteiger partial charge in [0, 0.05) is 46.4 Å². The van der Waals surface area contributed by atoms with Crippen molar-refractivity contribution in [3.63, 3.8) is 0 Å². The van der Waals surface area contributed by atoms with Crippen molar-refractivity contribution in [1.29, 1.82) is 0 Å². The zero-order chi connectivity index (χ0) is 40.3. The number of allylic oxidation sites excluding steroid dienone is 9. The lowest BCUT2D eigenvalue weighted by molar-refractivity contribution is 0.0827. The summed E-state index contributed by atoms with van der Waals surface area (Å²) in [6.07, 6.45) is 22.7. The molecule has 6 atom stereocenters. The fraction of sp³-hybridized carbons (Fsp3) is 0.138. The Morgan fingerprint density at radius 1 is 0.629 bits per heavy atom. The number of hydrogen-bond acceptors (Lipinski definition) is 4. The fourth-order valence-corrected chi connectivity index (χ4v) is 12.8. The Morgan fingerprint density at radius 2 is 1.40 bits per heavy atom. The van der Waals surface area contributed by atoms with Crippen molar-refractivity contribution in [2.45, 2.75) is 24.2 Å². The van der Waals surface area contributed by atoms with Crippen molar-refractivity contribution in [2.24, 2.45) is 23.7 Å². The Hall–Kier alpha value is -7.30. The number of nitrogens with zero attached hydrogens (tertiary/aromatic N) is 1. The molecule has 15 rings (SSSR count). The monoisotopic (exact) mass is 797 g/mol. The molecule has 0 N–H and O–H groups in total. The Kier molecular flexibility index (Phi) is 6.44. The first-order valence-electron chi connectivity index (χ1n) is 22.2. The zero-order valence-corrected chi connectivity index (χ0v) is 33.8. The highest BCUT2D eigenvalue weighted by Gasteiger charge is 2.67. The van der Waals surface area contributed by atoms with Crippen molar-refractivity contribution in [1.82, 2.24) is 0 Å². The molecule has 4 heteroatoms. The number of hydrogen-bond donors (Lipinski definition) is 0. The maximum absolute atomic E-state index is 6.96. The summed E-state index contributed by atoms with van der Waals surface area (Å²) >= 11 is 0. The Balaban J connectivity index is 0.817. The maximum atomic E-state index is 6.96. The highest BCUT2D eigenvalue weighted by molar-refractivity contribution is 5.98. The fourth-order valence-electron chi connectivity index (χ4n) is 12.8. The van der Waals surface area contributed by atoms with E-state index in [0.717, 1.165) is 52.8 Å². The summed E-state index contributed by atoms with van der Waals surface area (Å²) in [6.45, 7) is 0. The van der Waals surface area contributed by atoms with Crippen molar-refractivity contribution >= 4 is 27.9 Å². The van der Waals surface area contributed by atoms with E-state index in [1.807, 2.05) is 0 Å². The third-order valence-electron chi connectivity index (χ3n) is 15.3. The minimum atomic E-state index is -0.261. The Labute approximate surface area is 359 Å². The molecule has 1 fully saturated rings. The first-order chi connectivity index (χ1) is 30.7. The summed E-state index contributed by atoms with van der Waals surface area (Å²) in [4.78, 5) is 2.38. The van der Waals surface area contributed by atoms with Crippen LogP contribution in [-0.2, 0) is 11.8 Å². The molecule has 1 aromatic heterocycles. The van der Waals surface area contributed by atoms with Gasteiger partial charge in [-0.1, -0.05) is 127 Å². The van der Waals surface area contributed by atoms with Gasteiger partial charge < -0.3 is 18.8 Å². The maximum Gasteiger partial charge on any atom is 0.172 e. The van der Waals surface area contributed by atoms with Crippen LogP contribution in [0, 0.1) is 23.7 Å². The molecule has 294 valence electrons. The molecule has 0 saturated heterocycles. The van der Waals surface area contributed by atoms with Crippen LogP contribution >= 0.6 is 0 Å². The predicted octanol–water partition coefficient (Wildman–Crippen LogP) is 14.3. The topological polar surface area (TPSA) is 34.8 Å². The molecule has 7 aromatic rings. The van der Waals surface area contributed by atoms with E-state index in [1.165, 1.54) is 66.7 Å². The van der Waals surface area contributed by atoms with Crippen LogP contribution < -0.4 is 14.4 Å². The van der Waals surface area contributed by atoms with E-state index >= 15 is 0 Å². The lowest BCUT2D eigenvalue weighted by atomic mass is 9.48. The largest absolute Gasteiger partial charge is 0.460 e. The van der Waals surface area contributed by atoms with Gasteiger partial charge in [-0.15, -0.1) is 0 Å². The van der Waals surface area contributed by atoms with E-state index in [2.05, 4.69) is 187 Å². The molecule has 0 bridgehead atoms. The van der Waals surface area contributed by atoms with E-state index in [1.54, 1.807) is 0 Å². The SMILES string of the molecule is C1=CC2=CC2C(N(c2ccc(C3=CCCc4oc5ccccc5c43)cc2)c2ccc3c(c2)Oc2cc4c(cc2O3)C2(c3ccccc3-4)c3ccccc3C3C2C2C=CC=C[C@@H]23)=C1. The summed E-state index contributed by atoms with van der Waals surface area (Å²) in [6, 6.07) is 46.8. The van der Waals surface area contributed by atoms with Crippen LogP contribution in [0.25, 0.3) is 27.7 Å². The number of anilines is 2. The molecule has 6 aromatic carbocycles. The summed E-state index contributed by atoms with van der Waals surface area (Å²) in [5, 5.41) is 1.18. The summed E-state index contributed by atoms with van der Waals surface area (Å²) in [5.74, 6) is 6.26. The molecule has 4 nitrogen and oxygen atoms in total. The normalized spacial score (nSPS) is 25.2. The highest BCUT2D eigenvalue weighted by atomic mass is 16.6. The average Bonchev–Trinajstić information content (AvgIpc) is 3.86. The van der Waals surface area contributed by atoms with E-state index in [-0.39, 0.29) is 11.3 Å². The quantitative estimate of drug-likeness (QED) is 0.178. The first-order valence-corrected chi connectivity index (χ1v) is 22.2. The zero-order valence-electron chi connectivity index (χ0n) is 33.8. The minimum absolute atomic E-state index is 0.261. The van der Waals surface area contributed by atoms with Crippen LogP contribution in [0.1, 0.15) is 51.5 Å². The number of rotatable bonds is 4. The summed E-state index contributed by atoms with van der Waals surface area (Å²) in [5.41, 5.74) is 17.3. The molecule has 0 amide bonds. The van der Waals surface area contributed by atoms with Gasteiger partial charge in [-0.2, -0.15) is 0 Å². The van der Waals surface area contributed by atoms with Crippen LogP contribution in [0.2, 0.25) is 0 Å². The van der Waals surface area contributed by atoms with Crippen molar-refractivity contribution < 1.29 is 13.9 Å². The van der Waals surface area contributed by atoms with Crippen LogP contribution in [0.3, 0.4) is 0 Å². The van der Waals surface area contributed by atoms with Crippen molar-refractivity contribution in [3.05, 3.63) is 232 Å². The minimum Gasteiger partial charge on any atom is -0.460 e. The number of fused-ring (bicyclic) bond motifs is 19. The second-order valence-corrected chi connectivity index (χ2v) is 18.1. The third-order valence-corrected chi connectivity index (χ3v) is 15.3. The molecule has 7 aliphatic carbocycles. The van der Waals surface area contributed by atoms with Gasteiger partial charge in [-0.3, -0.25) is 0 Å². The number of ether oxygens (including phenoxy) is 2. The lowest BCUT2D eigenvalue weighted by Crippen LogP contribution is -2.50. The van der Waals surface area contributed by atoms with E-state index in [4.69, 9.17) is 13.9 Å². The highest BCUT2D eigenvalue weighted by Crippen LogP contribution is 2.74. The van der Waals surface area contributed by atoms with Crippen molar-refractivity contribution in [2.75, 3.05) is 4.90 Å². The molecule has 0 radical (unpaired) electrons. The van der Waals surface area contributed by atoms with E-state index in [0.29, 0.717) is 29.4 Å². The molecular weight excluding hydrogens is 759 g/mol. The first kappa shape index (κ1) is 33.4. The van der Waals surface area contributed by atoms with Gasteiger partial charge in [0.25, 0.3) is 0 Å². The van der Waals surface area contributed by atoms with Crippen LogP contribution in [-0.4, -0.2) is 0 Å². The van der Waals surface area contributed by atoms with Crippen molar-refractivity contribution in [3.8, 4) is 34.1 Å². The molecule has 8 aliphatic rings. The van der Waals surface area contributed by atoms with E-state index in [9.17, 15) is 0 Å². The summed E-state index contributed by atoms with van der Waals surface area (Å²) in [7, 11) is 0. The van der Waals surface area contributed by atoms with Gasteiger partial charge in [0.2, 0.25) is 0 Å². The second-order valence-electron chi connectivity index (χ2n) is 18.1. The van der Waals surface area contributed by atoms with Gasteiger partial charge in [-0.25, -0.2) is 0 Å². The predicted molar refractivity (Wildman–Crippen MR) is 245 cm³/mol. The lowest BCUT2D eigenvalue weighted by Gasteiger charge is -2.54. The standard InChI is InChI=1S/C58H39NO3/c1-2-14-40-39(13-1)56-41-15-4-7-19-46(41)58(57(40)56)45-18-6-3-12-38(45)44-31-53-54(32-47(44)58)61-50-28-27-36(30-52(50)62-53)59(48-20-9-11-34-29-43(34)48)35-25-23-33(24-26-35)37-17-10-22-51-55(37)42-16-5-8-21-49(42)60-51/h1-9,11-21,23-32,39-40,43,56-57H,10,22H2/t39-,40?,43?,56?,57?,58?/m0/s1. The van der Waals surface area contributed by atoms with Gasteiger partial charge in [-0.05, 0) is 129 Å².